The first-order valence-electron chi connectivity index (χ1n) is 5.15. The number of hydrogen-bond donors (Lipinski definition) is 2. The van der Waals surface area contributed by atoms with Crippen LogP contribution in [0.1, 0.15) is 11.5 Å². The lowest BCUT2D eigenvalue weighted by Crippen LogP contribution is -2.39. The fourth-order valence-corrected chi connectivity index (χ4v) is 4.33. The van der Waals surface area contributed by atoms with Crippen molar-refractivity contribution in [1.82, 2.24) is 0 Å². The highest BCUT2D eigenvalue weighted by Crippen LogP contribution is 2.54. The Morgan fingerprint density at radius 2 is 2.11 bits per heavy atom. The second kappa shape index (κ2) is 3.94. The Balaban J connectivity index is 2.49. The molecule has 18 heavy (non-hydrogen) atoms. The van der Waals surface area contributed by atoms with Crippen molar-refractivity contribution in [3.8, 4) is 0 Å². The van der Waals surface area contributed by atoms with Crippen LogP contribution in [0.3, 0.4) is 0 Å². The molecule has 98 valence electrons. The van der Waals surface area contributed by atoms with Gasteiger partial charge in [0.2, 0.25) is 0 Å². The van der Waals surface area contributed by atoms with E-state index in [4.69, 9.17) is 22.4 Å². The zero-order valence-corrected chi connectivity index (χ0v) is 11.1. The number of benzene rings is 1. The highest BCUT2D eigenvalue weighted by Gasteiger charge is 2.73. The molecular formula is C11H12ClNO4S. The summed E-state index contributed by atoms with van der Waals surface area (Å²) in [6, 6.07) is 6.44. The van der Waals surface area contributed by atoms with E-state index >= 15 is 0 Å². The number of carbonyl (C=O) groups is 1. The maximum Gasteiger partial charge on any atom is 0.325 e. The minimum atomic E-state index is -3.54. The second-order valence-electron chi connectivity index (χ2n) is 4.52. The molecule has 0 amide bonds. The largest absolute Gasteiger partial charge is 0.480 e. The Kier molecular flexibility index (Phi) is 2.92. The second-order valence-corrected chi connectivity index (χ2v) is 7.12. The van der Waals surface area contributed by atoms with Gasteiger partial charge in [0.25, 0.3) is 0 Å². The zero-order valence-electron chi connectivity index (χ0n) is 9.50. The van der Waals surface area contributed by atoms with Crippen molar-refractivity contribution in [2.75, 3.05) is 6.26 Å². The van der Waals surface area contributed by atoms with Gasteiger partial charge in [0, 0.05) is 17.2 Å². The molecule has 7 heteroatoms. The summed E-state index contributed by atoms with van der Waals surface area (Å²) in [6.45, 7) is 0. The summed E-state index contributed by atoms with van der Waals surface area (Å²) in [5.74, 6) is -2.08. The molecule has 1 aromatic carbocycles. The van der Waals surface area contributed by atoms with Gasteiger partial charge in [-0.1, -0.05) is 23.7 Å². The van der Waals surface area contributed by atoms with E-state index in [1.54, 1.807) is 24.3 Å². The third kappa shape index (κ3) is 1.90. The highest BCUT2D eigenvalue weighted by atomic mass is 35.5. The average molecular weight is 290 g/mol. The molecule has 3 N–H and O–H groups in total. The molecule has 1 fully saturated rings. The molecule has 2 rings (SSSR count). The molecule has 0 saturated heterocycles. The molecule has 0 unspecified atom stereocenters. The van der Waals surface area contributed by atoms with Gasteiger partial charge >= 0.3 is 5.97 Å². The minimum Gasteiger partial charge on any atom is -0.480 e. The van der Waals surface area contributed by atoms with Crippen LogP contribution in [0, 0.1) is 0 Å². The predicted molar refractivity (Wildman–Crippen MR) is 67.4 cm³/mol. The monoisotopic (exact) mass is 289 g/mol. The van der Waals surface area contributed by atoms with E-state index in [-0.39, 0.29) is 0 Å². The van der Waals surface area contributed by atoms with Crippen molar-refractivity contribution >= 4 is 27.4 Å². The van der Waals surface area contributed by atoms with Crippen LogP contribution in [0.5, 0.6) is 0 Å². The summed E-state index contributed by atoms with van der Waals surface area (Å²) in [4.78, 5) is 11.2. The summed E-state index contributed by atoms with van der Waals surface area (Å²) in [5.41, 5.74) is 4.49. The summed E-state index contributed by atoms with van der Waals surface area (Å²) >= 11 is 5.81. The number of aliphatic carboxylic acids is 1. The SMILES string of the molecule is CS(=O)(=O)[C@@H]1[C@@H](c2cccc(Cl)c2)[C@@]1(N)C(=O)O. The molecule has 0 radical (unpaired) electrons. The lowest BCUT2D eigenvalue weighted by Gasteiger charge is -2.04. The summed E-state index contributed by atoms with van der Waals surface area (Å²) < 4.78 is 23.2. The van der Waals surface area contributed by atoms with Gasteiger partial charge in [0.1, 0.15) is 5.54 Å². The van der Waals surface area contributed by atoms with Crippen LogP contribution in [-0.2, 0) is 14.6 Å². The van der Waals surface area contributed by atoms with Gasteiger partial charge in [0.05, 0.1) is 5.25 Å². The van der Waals surface area contributed by atoms with E-state index in [9.17, 15) is 13.2 Å². The number of carboxylic acids is 1. The first-order valence-corrected chi connectivity index (χ1v) is 7.49. The smallest absolute Gasteiger partial charge is 0.325 e. The van der Waals surface area contributed by atoms with Crippen LogP contribution >= 0.6 is 11.6 Å². The molecule has 3 atom stereocenters. The lowest BCUT2D eigenvalue weighted by molar-refractivity contribution is -0.139. The van der Waals surface area contributed by atoms with Crippen molar-refractivity contribution in [3.63, 3.8) is 0 Å². The molecule has 0 aromatic heterocycles. The van der Waals surface area contributed by atoms with Gasteiger partial charge in [-0.05, 0) is 17.7 Å². The zero-order chi connectivity index (χ0) is 13.7. The van der Waals surface area contributed by atoms with Crippen LogP contribution in [-0.4, -0.2) is 36.5 Å². The van der Waals surface area contributed by atoms with E-state index in [1.807, 2.05) is 0 Å². The first kappa shape index (κ1) is 13.3. The van der Waals surface area contributed by atoms with Crippen LogP contribution in [0.2, 0.25) is 5.02 Å². The third-order valence-electron chi connectivity index (χ3n) is 3.22. The lowest BCUT2D eigenvalue weighted by atomic mass is 10.1. The van der Waals surface area contributed by atoms with Crippen molar-refractivity contribution in [3.05, 3.63) is 34.9 Å². The standard InChI is InChI=1S/C11H12ClNO4S/c1-18(16,17)9-8(11(9,13)10(14)15)6-3-2-4-7(12)5-6/h2-5,8-9H,13H2,1H3,(H,14,15)/t8-,9-,11+/m1/s1. The fraction of sp³-hybridized carbons (Fsp3) is 0.364. The Bertz CT molecular complexity index is 615. The maximum atomic E-state index is 11.6. The summed E-state index contributed by atoms with van der Waals surface area (Å²) in [7, 11) is -3.54. The molecule has 0 spiro atoms. The number of nitrogens with two attached hydrogens (primary N) is 1. The number of carboxylic acid groups (broad SMARTS) is 1. The van der Waals surface area contributed by atoms with Crippen LogP contribution < -0.4 is 5.73 Å². The molecule has 1 aliphatic carbocycles. The Morgan fingerprint density at radius 3 is 2.50 bits per heavy atom. The van der Waals surface area contributed by atoms with Gasteiger partial charge in [-0.15, -0.1) is 0 Å². The van der Waals surface area contributed by atoms with E-state index in [2.05, 4.69) is 0 Å². The van der Waals surface area contributed by atoms with E-state index in [0.717, 1.165) is 6.26 Å². The number of halogens is 1. The van der Waals surface area contributed by atoms with Crippen LogP contribution in [0.25, 0.3) is 0 Å². The molecule has 0 bridgehead atoms. The van der Waals surface area contributed by atoms with E-state index < -0.39 is 32.5 Å². The van der Waals surface area contributed by atoms with Crippen molar-refractivity contribution in [1.29, 1.82) is 0 Å². The average Bonchev–Trinajstić information content (AvgIpc) is 2.86. The fourth-order valence-electron chi connectivity index (χ4n) is 2.38. The first-order chi connectivity index (χ1) is 8.19. The molecule has 1 saturated carbocycles. The van der Waals surface area contributed by atoms with Crippen molar-refractivity contribution in [2.45, 2.75) is 16.7 Å². The molecule has 1 aromatic rings. The molecule has 0 heterocycles. The Hall–Kier alpha value is -1.11. The van der Waals surface area contributed by atoms with Crippen LogP contribution in [0.15, 0.2) is 24.3 Å². The number of rotatable bonds is 3. The van der Waals surface area contributed by atoms with Gasteiger partial charge in [-0.3, -0.25) is 4.79 Å². The third-order valence-corrected chi connectivity index (χ3v) is 5.04. The van der Waals surface area contributed by atoms with Crippen molar-refractivity contribution < 1.29 is 18.3 Å². The van der Waals surface area contributed by atoms with E-state index in [0.29, 0.717) is 10.6 Å². The molecule has 0 aliphatic heterocycles. The number of hydrogen-bond acceptors (Lipinski definition) is 4. The predicted octanol–water partition coefficient (Wildman–Crippen LogP) is 0.633. The summed E-state index contributed by atoms with van der Waals surface area (Å²) in [5, 5.41) is 8.43. The quantitative estimate of drug-likeness (QED) is 0.851. The topological polar surface area (TPSA) is 97.5 Å². The molecule has 1 aliphatic rings. The van der Waals surface area contributed by atoms with Crippen LogP contribution in [0.4, 0.5) is 0 Å². The summed E-state index contributed by atoms with van der Waals surface area (Å²) in [6.07, 6.45) is 0.993. The number of sulfone groups is 1. The van der Waals surface area contributed by atoms with E-state index in [1.165, 1.54) is 0 Å². The Labute approximate surface area is 109 Å². The molecule has 5 nitrogen and oxygen atoms in total. The van der Waals surface area contributed by atoms with Gasteiger partial charge in [-0.25, -0.2) is 8.42 Å². The molecular weight excluding hydrogens is 278 g/mol. The van der Waals surface area contributed by atoms with Gasteiger partial charge < -0.3 is 10.8 Å². The minimum absolute atomic E-state index is 0.416. The van der Waals surface area contributed by atoms with Gasteiger partial charge in [0.15, 0.2) is 9.84 Å². The van der Waals surface area contributed by atoms with Gasteiger partial charge in [-0.2, -0.15) is 0 Å². The normalized spacial score (nSPS) is 31.1. The highest BCUT2D eigenvalue weighted by molar-refractivity contribution is 7.91. The maximum absolute atomic E-state index is 11.6. The Morgan fingerprint density at radius 1 is 1.50 bits per heavy atom. The van der Waals surface area contributed by atoms with Crippen molar-refractivity contribution in [2.24, 2.45) is 5.73 Å².